The largest absolute Gasteiger partial charge is 0.507 e. The van der Waals surface area contributed by atoms with Crippen molar-refractivity contribution in [2.24, 2.45) is 5.92 Å². The van der Waals surface area contributed by atoms with Crippen molar-refractivity contribution in [1.29, 1.82) is 0 Å². The van der Waals surface area contributed by atoms with E-state index in [1.54, 1.807) is 11.0 Å². The molecule has 0 saturated carbocycles. The zero-order chi connectivity index (χ0) is 27.5. The van der Waals surface area contributed by atoms with Crippen LogP contribution in [0.3, 0.4) is 0 Å². The molecule has 0 aliphatic carbocycles. The van der Waals surface area contributed by atoms with E-state index in [-0.39, 0.29) is 17.4 Å². The molecule has 2 unspecified atom stereocenters. The summed E-state index contributed by atoms with van der Waals surface area (Å²) in [5.41, 5.74) is 3.36. The average Bonchev–Trinajstić information content (AvgIpc) is 3.42. The number of aliphatic hydroxyl groups excluding tert-OH is 1. The summed E-state index contributed by atoms with van der Waals surface area (Å²) in [6, 6.07) is 22.0. The maximum absolute atomic E-state index is 13.5. The Morgan fingerprint density at radius 2 is 1.85 bits per heavy atom. The van der Waals surface area contributed by atoms with Gasteiger partial charge in [-0.15, -0.1) is 0 Å². The van der Waals surface area contributed by atoms with E-state index in [1.165, 1.54) is 0 Å². The van der Waals surface area contributed by atoms with E-state index >= 15 is 0 Å². The third-order valence-corrected chi connectivity index (χ3v) is 7.33. The van der Waals surface area contributed by atoms with Gasteiger partial charge in [0.15, 0.2) is 0 Å². The molecule has 2 atom stereocenters. The second kappa shape index (κ2) is 11.4. The van der Waals surface area contributed by atoms with Gasteiger partial charge in [-0.2, -0.15) is 0 Å². The number of likely N-dealkylation sites (tertiary alicyclic amines) is 1. The number of benzene rings is 3. The molecule has 2 heterocycles. The van der Waals surface area contributed by atoms with Crippen LogP contribution in [0, 0.1) is 5.92 Å². The van der Waals surface area contributed by atoms with Crippen molar-refractivity contribution in [2.75, 3.05) is 13.2 Å². The second-order valence-corrected chi connectivity index (χ2v) is 10.8. The molecule has 0 bridgehead atoms. The topological polar surface area (TPSA) is 76.1 Å². The van der Waals surface area contributed by atoms with E-state index in [4.69, 9.17) is 9.47 Å². The maximum Gasteiger partial charge on any atom is 0.295 e. The van der Waals surface area contributed by atoms with Gasteiger partial charge in [0.25, 0.3) is 11.7 Å². The van der Waals surface area contributed by atoms with Gasteiger partial charge in [0.2, 0.25) is 0 Å². The lowest BCUT2D eigenvalue weighted by Crippen LogP contribution is -2.31. The molecule has 202 valence electrons. The first-order valence-electron chi connectivity index (χ1n) is 13.7. The quantitative estimate of drug-likeness (QED) is 0.208. The van der Waals surface area contributed by atoms with Gasteiger partial charge in [-0.05, 0) is 72.7 Å². The molecule has 1 fully saturated rings. The number of amides is 1. The minimum Gasteiger partial charge on any atom is -0.507 e. The Morgan fingerprint density at radius 3 is 2.62 bits per heavy atom. The molecule has 39 heavy (non-hydrogen) atoms. The number of aliphatic hydroxyl groups is 1. The molecule has 1 saturated heterocycles. The molecule has 1 amide bonds. The Morgan fingerprint density at radius 1 is 1.05 bits per heavy atom. The summed E-state index contributed by atoms with van der Waals surface area (Å²) >= 11 is 0. The fourth-order valence-corrected chi connectivity index (χ4v) is 5.26. The second-order valence-electron chi connectivity index (χ2n) is 10.8. The number of ether oxygens (including phenoxy) is 2. The van der Waals surface area contributed by atoms with Gasteiger partial charge >= 0.3 is 0 Å². The van der Waals surface area contributed by atoms with E-state index in [2.05, 4.69) is 13.8 Å². The van der Waals surface area contributed by atoms with Crippen molar-refractivity contribution in [1.82, 2.24) is 4.90 Å². The van der Waals surface area contributed by atoms with Crippen molar-refractivity contribution >= 4 is 17.4 Å². The zero-order valence-corrected chi connectivity index (χ0v) is 22.7. The van der Waals surface area contributed by atoms with Crippen LogP contribution >= 0.6 is 0 Å². The minimum absolute atomic E-state index is 0.0550. The number of fused-ring (bicyclic) bond motifs is 1. The third-order valence-electron chi connectivity index (χ3n) is 7.33. The number of hydrogen-bond donors (Lipinski definition) is 1. The van der Waals surface area contributed by atoms with E-state index in [0.717, 1.165) is 35.3 Å². The Bertz CT molecular complexity index is 1390. The first kappa shape index (κ1) is 26.5. The molecule has 5 rings (SSSR count). The number of ketones is 1. The van der Waals surface area contributed by atoms with Gasteiger partial charge in [0, 0.05) is 18.5 Å². The Balaban J connectivity index is 1.53. The van der Waals surface area contributed by atoms with Crippen molar-refractivity contribution in [3.63, 3.8) is 0 Å². The number of carbonyl (C=O) groups is 2. The predicted molar refractivity (Wildman–Crippen MR) is 151 cm³/mol. The van der Waals surface area contributed by atoms with Crippen LogP contribution in [0.15, 0.2) is 78.4 Å². The highest BCUT2D eigenvalue weighted by Gasteiger charge is 2.46. The summed E-state index contributed by atoms with van der Waals surface area (Å²) in [4.78, 5) is 28.5. The number of nitrogens with zero attached hydrogens (tertiary/aromatic N) is 1. The number of rotatable bonds is 9. The SMILES string of the molecule is CC(C)CCOc1cccc(C2C(=C(O)c3ccc4c(c3)CC(C)O4)C(=O)C(=O)N2CCc2ccccc2)c1. The molecule has 6 heteroatoms. The van der Waals surface area contributed by atoms with Gasteiger partial charge in [-0.1, -0.05) is 56.3 Å². The molecule has 2 aliphatic rings. The Hall–Kier alpha value is -4.06. The first-order chi connectivity index (χ1) is 18.8. The first-order valence-corrected chi connectivity index (χ1v) is 13.7. The highest BCUT2D eigenvalue weighted by molar-refractivity contribution is 6.46. The average molecular weight is 526 g/mol. The lowest BCUT2D eigenvalue weighted by Gasteiger charge is -2.26. The Kier molecular flexibility index (Phi) is 7.73. The molecule has 3 aromatic carbocycles. The summed E-state index contributed by atoms with van der Waals surface area (Å²) in [6.45, 7) is 7.19. The molecule has 0 aromatic heterocycles. The van der Waals surface area contributed by atoms with Crippen molar-refractivity contribution in [2.45, 2.75) is 52.2 Å². The normalized spacial score (nSPS) is 19.8. The molecule has 1 N–H and O–H groups in total. The maximum atomic E-state index is 13.5. The fourth-order valence-electron chi connectivity index (χ4n) is 5.26. The van der Waals surface area contributed by atoms with Crippen LogP contribution in [-0.4, -0.2) is 41.0 Å². The van der Waals surface area contributed by atoms with Crippen LogP contribution in [0.2, 0.25) is 0 Å². The van der Waals surface area contributed by atoms with Crippen LogP contribution in [0.1, 0.15) is 55.5 Å². The molecule has 6 nitrogen and oxygen atoms in total. The molecular weight excluding hydrogens is 490 g/mol. The monoisotopic (exact) mass is 525 g/mol. The van der Waals surface area contributed by atoms with Gasteiger partial charge in [0.1, 0.15) is 23.4 Å². The van der Waals surface area contributed by atoms with E-state index in [0.29, 0.717) is 36.8 Å². The zero-order valence-electron chi connectivity index (χ0n) is 22.7. The summed E-state index contributed by atoms with van der Waals surface area (Å²) in [5.74, 6) is 0.507. The predicted octanol–water partition coefficient (Wildman–Crippen LogP) is 6.10. The highest BCUT2D eigenvalue weighted by atomic mass is 16.5. The highest BCUT2D eigenvalue weighted by Crippen LogP contribution is 2.41. The smallest absolute Gasteiger partial charge is 0.295 e. The molecule has 0 spiro atoms. The molecular formula is C33H35NO5. The molecule has 2 aliphatic heterocycles. The lowest BCUT2D eigenvalue weighted by molar-refractivity contribution is -0.139. The van der Waals surface area contributed by atoms with E-state index in [9.17, 15) is 14.7 Å². The van der Waals surface area contributed by atoms with E-state index < -0.39 is 17.7 Å². The van der Waals surface area contributed by atoms with Crippen molar-refractivity contribution in [3.05, 3.63) is 101 Å². The van der Waals surface area contributed by atoms with Crippen LogP contribution in [0.4, 0.5) is 0 Å². The van der Waals surface area contributed by atoms with Crippen LogP contribution < -0.4 is 9.47 Å². The van der Waals surface area contributed by atoms with Crippen LogP contribution in [0.5, 0.6) is 11.5 Å². The third kappa shape index (κ3) is 5.70. The number of Topliss-reactive ketones (excluding diaryl/α,β-unsaturated/α-hetero) is 1. The van der Waals surface area contributed by atoms with E-state index in [1.807, 2.05) is 73.7 Å². The summed E-state index contributed by atoms with van der Waals surface area (Å²) in [6.07, 6.45) is 2.28. The summed E-state index contributed by atoms with van der Waals surface area (Å²) in [5, 5.41) is 11.5. The van der Waals surface area contributed by atoms with Crippen LogP contribution in [0.25, 0.3) is 5.76 Å². The van der Waals surface area contributed by atoms with Gasteiger partial charge < -0.3 is 19.5 Å². The van der Waals surface area contributed by atoms with Crippen LogP contribution in [-0.2, 0) is 22.4 Å². The standard InChI is InChI=1S/C33H35NO5/c1-21(2)15-17-38-27-11-7-10-24(20-27)30-29(31(35)25-12-13-28-26(19-25)18-22(3)39-28)32(36)33(37)34(30)16-14-23-8-5-4-6-9-23/h4-13,19-22,30,35H,14-18H2,1-3H3. The minimum atomic E-state index is -0.731. The number of carbonyl (C=O) groups excluding carboxylic acids is 2. The fraction of sp³-hybridized carbons (Fsp3) is 0.333. The van der Waals surface area contributed by atoms with Crippen molar-refractivity contribution in [3.8, 4) is 11.5 Å². The summed E-state index contributed by atoms with van der Waals surface area (Å²) < 4.78 is 11.8. The Labute approximate surface area is 229 Å². The van der Waals surface area contributed by atoms with Gasteiger partial charge in [0.05, 0.1) is 18.2 Å². The molecule has 3 aromatic rings. The van der Waals surface area contributed by atoms with Gasteiger partial charge in [-0.3, -0.25) is 9.59 Å². The van der Waals surface area contributed by atoms with Crippen molar-refractivity contribution < 1.29 is 24.2 Å². The lowest BCUT2D eigenvalue weighted by atomic mass is 9.94. The van der Waals surface area contributed by atoms with Gasteiger partial charge in [-0.25, -0.2) is 0 Å². The molecule has 0 radical (unpaired) electrons. The number of hydrogen-bond acceptors (Lipinski definition) is 5. The summed E-state index contributed by atoms with van der Waals surface area (Å²) in [7, 11) is 0.